The van der Waals surface area contributed by atoms with Crippen LogP contribution in [0.1, 0.15) is 36.2 Å². The molecule has 108 valence electrons. The van der Waals surface area contributed by atoms with Crippen LogP contribution in [-0.4, -0.2) is 30.8 Å². The molecule has 1 aromatic carbocycles. The molecule has 1 N–H and O–H groups in total. The molecule has 5 heteroatoms. The summed E-state index contributed by atoms with van der Waals surface area (Å²) in [5.74, 6) is -0.626. The maximum atomic E-state index is 12.3. The molecule has 0 aliphatic rings. The number of carbonyl (C=O) groups excluding carboxylic acids is 3. The predicted molar refractivity (Wildman–Crippen MR) is 74.4 cm³/mol. The largest absolute Gasteiger partial charge is 0.465 e. The first-order chi connectivity index (χ1) is 9.48. The summed E-state index contributed by atoms with van der Waals surface area (Å²) in [7, 11) is 1.30. The highest BCUT2D eigenvalue weighted by Gasteiger charge is 2.31. The topological polar surface area (TPSA) is 72.5 Å². The first kappa shape index (κ1) is 15.9. The molecular formula is C15H19NO4. The number of methoxy groups -OCH3 is 1. The molecule has 0 aliphatic heterocycles. The van der Waals surface area contributed by atoms with Crippen molar-refractivity contribution in [1.29, 1.82) is 0 Å². The summed E-state index contributed by atoms with van der Waals surface area (Å²) in [4.78, 5) is 34.6. The summed E-state index contributed by atoms with van der Waals surface area (Å²) in [6, 6.07) is 6.79. The van der Waals surface area contributed by atoms with E-state index in [0.29, 0.717) is 24.0 Å². The molecule has 1 rings (SSSR count). The lowest BCUT2D eigenvalue weighted by atomic mass is 9.88. The number of rotatable bonds is 7. The maximum Gasteiger partial charge on any atom is 0.338 e. The first-order valence-corrected chi connectivity index (χ1v) is 6.39. The van der Waals surface area contributed by atoms with Gasteiger partial charge < -0.3 is 10.1 Å². The highest BCUT2D eigenvalue weighted by molar-refractivity contribution is 5.96. The van der Waals surface area contributed by atoms with Gasteiger partial charge in [0.15, 0.2) is 5.78 Å². The molecule has 5 nitrogen and oxygen atoms in total. The Balaban J connectivity index is 3.01. The van der Waals surface area contributed by atoms with Crippen LogP contribution in [0.4, 0.5) is 0 Å². The molecule has 0 fully saturated rings. The van der Waals surface area contributed by atoms with E-state index in [-0.39, 0.29) is 12.2 Å². The summed E-state index contributed by atoms with van der Waals surface area (Å²) in [6.07, 6.45) is 1.06. The Morgan fingerprint density at radius 2 is 2.00 bits per heavy atom. The van der Waals surface area contributed by atoms with Crippen molar-refractivity contribution in [2.24, 2.45) is 0 Å². The summed E-state index contributed by atoms with van der Waals surface area (Å²) in [6.45, 7) is 3.49. The van der Waals surface area contributed by atoms with Gasteiger partial charge in [0.1, 0.15) is 0 Å². The zero-order valence-electron chi connectivity index (χ0n) is 11.9. The summed E-state index contributed by atoms with van der Waals surface area (Å²) in [5, 5.41) is 2.55. The third-order valence-corrected chi connectivity index (χ3v) is 3.47. The Labute approximate surface area is 118 Å². The number of esters is 1. The van der Waals surface area contributed by atoms with Crippen molar-refractivity contribution in [3.05, 3.63) is 35.4 Å². The van der Waals surface area contributed by atoms with E-state index >= 15 is 0 Å². The van der Waals surface area contributed by atoms with E-state index in [9.17, 15) is 14.4 Å². The van der Waals surface area contributed by atoms with Crippen molar-refractivity contribution >= 4 is 18.2 Å². The molecule has 0 aromatic heterocycles. The lowest BCUT2D eigenvalue weighted by Crippen LogP contribution is -2.49. The molecule has 0 saturated heterocycles. The van der Waals surface area contributed by atoms with Crippen molar-refractivity contribution in [3.8, 4) is 0 Å². The number of carbonyl (C=O) groups is 3. The van der Waals surface area contributed by atoms with Crippen LogP contribution in [0.5, 0.6) is 0 Å². The van der Waals surface area contributed by atoms with E-state index in [1.54, 1.807) is 31.2 Å². The third kappa shape index (κ3) is 3.44. The fourth-order valence-electron chi connectivity index (χ4n) is 1.86. The zero-order chi connectivity index (χ0) is 15.2. The van der Waals surface area contributed by atoms with E-state index in [4.69, 9.17) is 4.74 Å². The van der Waals surface area contributed by atoms with Crippen LogP contribution in [-0.2, 0) is 20.7 Å². The minimum atomic E-state index is -0.926. The smallest absolute Gasteiger partial charge is 0.338 e. The molecule has 1 aromatic rings. The van der Waals surface area contributed by atoms with E-state index in [2.05, 4.69) is 5.32 Å². The SMILES string of the molecule is CC[C@@](C)(NC=O)C(=O)Cc1ccccc1C(=O)OC. The molecule has 0 aliphatic carbocycles. The second kappa shape index (κ2) is 6.84. The third-order valence-electron chi connectivity index (χ3n) is 3.47. The van der Waals surface area contributed by atoms with Crippen LogP contribution in [0, 0.1) is 0 Å². The van der Waals surface area contributed by atoms with Crippen LogP contribution in [0.3, 0.4) is 0 Å². The van der Waals surface area contributed by atoms with Crippen LogP contribution in [0.15, 0.2) is 24.3 Å². The normalized spacial score (nSPS) is 13.2. The number of hydrogen-bond acceptors (Lipinski definition) is 4. The fraction of sp³-hybridized carbons (Fsp3) is 0.400. The van der Waals surface area contributed by atoms with Gasteiger partial charge in [-0.05, 0) is 25.0 Å². The highest BCUT2D eigenvalue weighted by atomic mass is 16.5. The molecule has 0 unspecified atom stereocenters. The van der Waals surface area contributed by atoms with Crippen LogP contribution >= 0.6 is 0 Å². The molecule has 0 spiro atoms. The number of benzene rings is 1. The van der Waals surface area contributed by atoms with Crippen LogP contribution < -0.4 is 5.32 Å². The molecule has 0 radical (unpaired) electrons. The van der Waals surface area contributed by atoms with E-state index < -0.39 is 11.5 Å². The van der Waals surface area contributed by atoms with Crippen LogP contribution in [0.25, 0.3) is 0 Å². The minimum absolute atomic E-state index is 0.0659. The molecule has 0 saturated carbocycles. The van der Waals surface area contributed by atoms with Gasteiger partial charge >= 0.3 is 5.97 Å². The average molecular weight is 277 g/mol. The highest BCUT2D eigenvalue weighted by Crippen LogP contribution is 2.17. The lowest BCUT2D eigenvalue weighted by Gasteiger charge is -2.26. The monoisotopic (exact) mass is 277 g/mol. The number of nitrogens with one attached hydrogen (secondary N) is 1. The van der Waals surface area contributed by atoms with Crippen molar-refractivity contribution in [3.63, 3.8) is 0 Å². The molecule has 0 bridgehead atoms. The summed E-state index contributed by atoms with van der Waals surface area (Å²) >= 11 is 0. The van der Waals surface area contributed by atoms with E-state index in [0.717, 1.165) is 0 Å². The Hall–Kier alpha value is -2.17. The second-order valence-electron chi connectivity index (χ2n) is 4.70. The van der Waals surface area contributed by atoms with Crippen molar-refractivity contribution in [2.45, 2.75) is 32.2 Å². The van der Waals surface area contributed by atoms with Gasteiger partial charge in [0.2, 0.25) is 6.41 Å². The van der Waals surface area contributed by atoms with Crippen LogP contribution in [0.2, 0.25) is 0 Å². The molecule has 20 heavy (non-hydrogen) atoms. The number of ether oxygens (including phenoxy) is 1. The quantitative estimate of drug-likeness (QED) is 0.605. The Morgan fingerprint density at radius 1 is 1.35 bits per heavy atom. The second-order valence-corrected chi connectivity index (χ2v) is 4.70. The predicted octanol–water partition coefficient (Wildman–Crippen LogP) is 1.50. The van der Waals surface area contributed by atoms with Crippen molar-refractivity contribution < 1.29 is 19.1 Å². The van der Waals surface area contributed by atoms with Gasteiger partial charge in [0, 0.05) is 6.42 Å². The number of Topliss-reactive ketones (excluding diaryl/α,β-unsaturated/α-hetero) is 1. The van der Waals surface area contributed by atoms with Gasteiger partial charge in [-0.15, -0.1) is 0 Å². The number of hydrogen-bond donors (Lipinski definition) is 1. The molecule has 1 atom stereocenters. The molecule has 0 heterocycles. The average Bonchev–Trinajstić information content (AvgIpc) is 2.47. The van der Waals surface area contributed by atoms with Crippen molar-refractivity contribution in [2.75, 3.05) is 7.11 Å². The molecular weight excluding hydrogens is 258 g/mol. The van der Waals surface area contributed by atoms with E-state index in [1.807, 2.05) is 6.92 Å². The molecule has 1 amide bonds. The van der Waals surface area contributed by atoms with Gasteiger partial charge in [-0.3, -0.25) is 9.59 Å². The van der Waals surface area contributed by atoms with Crippen molar-refractivity contribution in [1.82, 2.24) is 5.32 Å². The Kier molecular flexibility index (Phi) is 5.43. The van der Waals surface area contributed by atoms with Gasteiger partial charge in [-0.1, -0.05) is 25.1 Å². The summed E-state index contributed by atoms with van der Waals surface area (Å²) in [5.41, 5.74) is 0.0370. The first-order valence-electron chi connectivity index (χ1n) is 6.39. The lowest BCUT2D eigenvalue weighted by molar-refractivity contribution is -0.127. The number of ketones is 1. The van der Waals surface area contributed by atoms with Gasteiger partial charge in [-0.25, -0.2) is 4.79 Å². The maximum absolute atomic E-state index is 12.3. The van der Waals surface area contributed by atoms with Gasteiger partial charge in [0.25, 0.3) is 0 Å². The van der Waals surface area contributed by atoms with Gasteiger partial charge in [-0.2, -0.15) is 0 Å². The Bertz CT molecular complexity index is 512. The standard InChI is InChI=1S/C15H19NO4/c1-4-15(2,16-10-17)13(18)9-11-7-5-6-8-12(11)14(19)20-3/h5-8,10H,4,9H2,1-3H3,(H,16,17)/t15-/m1/s1. The fourth-order valence-corrected chi connectivity index (χ4v) is 1.86. The zero-order valence-corrected chi connectivity index (χ0v) is 11.9. The van der Waals surface area contributed by atoms with E-state index in [1.165, 1.54) is 7.11 Å². The Morgan fingerprint density at radius 3 is 2.55 bits per heavy atom. The minimum Gasteiger partial charge on any atom is -0.465 e. The number of amides is 1. The summed E-state index contributed by atoms with van der Waals surface area (Å²) < 4.78 is 4.70. The van der Waals surface area contributed by atoms with Gasteiger partial charge in [0.05, 0.1) is 18.2 Å².